The van der Waals surface area contributed by atoms with Gasteiger partial charge in [0.25, 0.3) is 0 Å². The second-order valence-corrected chi connectivity index (χ2v) is 5.55. The van der Waals surface area contributed by atoms with Crippen molar-refractivity contribution in [3.05, 3.63) is 18.2 Å². The van der Waals surface area contributed by atoms with E-state index in [1.807, 2.05) is 0 Å². The van der Waals surface area contributed by atoms with Gasteiger partial charge < -0.3 is 10.3 Å². The molecule has 4 heteroatoms. The molecule has 1 fully saturated rings. The lowest BCUT2D eigenvalue weighted by Gasteiger charge is -2.25. The summed E-state index contributed by atoms with van der Waals surface area (Å²) in [5.74, 6) is 0.399. The average Bonchev–Trinajstić information content (AvgIpc) is 2.87. The van der Waals surface area contributed by atoms with Crippen LogP contribution in [0, 0.1) is 11.3 Å². The van der Waals surface area contributed by atoms with E-state index in [-0.39, 0.29) is 17.2 Å². The molecule has 0 aliphatic heterocycles. The topological polar surface area (TPSA) is 57.8 Å². The Labute approximate surface area is 102 Å². The van der Waals surface area contributed by atoms with Crippen molar-refractivity contribution in [2.24, 2.45) is 11.3 Å². The number of aromatic nitrogens is 2. The third-order valence-corrected chi connectivity index (χ3v) is 3.82. The standard InChI is InChI=1S/C13H21N3O/c1-13(2)6-3-4-11(13)12(17)15-7-5-10-8-14-9-16-10/h8-9,11H,3-7H2,1-2H3,(H,14,16)(H,15,17). The number of amides is 1. The van der Waals surface area contributed by atoms with E-state index in [1.165, 1.54) is 6.42 Å². The number of nitrogens with zero attached hydrogens (tertiary/aromatic N) is 1. The molecule has 0 radical (unpaired) electrons. The summed E-state index contributed by atoms with van der Waals surface area (Å²) in [6.45, 7) is 5.08. The Kier molecular flexibility index (Phi) is 3.50. The Morgan fingerprint density at radius 1 is 1.65 bits per heavy atom. The van der Waals surface area contributed by atoms with E-state index in [0.29, 0.717) is 6.54 Å². The van der Waals surface area contributed by atoms with Gasteiger partial charge in [0.2, 0.25) is 5.91 Å². The highest BCUT2D eigenvalue weighted by Crippen LogP contribution is 2.42. The highest BCUT2D eigenvalue weighted by atomic mass is 16.1. The largest absolute Gasteiger partial charge is 0.355 e. The lowest BCUT2D eigenvalue weighted by molar-refractivity contribution is -0.127. The molecule has 0 aromatic carbocycles. The molecule has 1 aromatic rings. The fourth-order valence-corrected chi connectivity index (χ4v) is 2.68. The number of imidazole rings is 1. The van der Waals surface area contributed by atoms with Gasteiger partial charge in [-0.05, 0) is 18.3 Å². The van der Waals surface area contributed by atoms with E-state index in [9.17, 15) is 4.79 Å². The minimum atomic E-state index is 0.165. The molecule has 1 unspecified atom stereocenters. The first-order valence-corrected chi connectivity index (χ1v) is 6.34. The predicted octanol–water partition coefficient (Wildman–Crippen LogP) is 1.89. The molecular formula is C13H21N3O. The number of hydrogen-bond donors (Lipinski definition) is 2. The van der Waals surface area contributed by atoms with E-state index in [2.05, 4.69) is 29.1 Å². The van der Waals surface area contributed by atoms with Crippen molar-refractivity contribution in [2.75, 3.05) is 6.54 Å². The van der Waals surface area contributed by atoms with Gasteiger partial charge in [-0.15, -0.1) is 0 Å². The summed E-state index contributed by atoms with van der Waals surface area (Å²) >= 11 is 0. The van der Waals surface area contributed by atoms with Crippen LogP contribution >= 0.6 is 0 Å². The highest BCUT2D eigenvalue weighted by molar-refractivity contribution is 5.79. The number of carbonyl (C=O) groups excluding carboxylic acids is 1. The van der Waals surface area contributed by atoms with Gasteiger partial charge in [0.15, 0.2) is 0 Å². The molecular weight excluding hydrogens is 214 g/mol. The molecule has 17 heavy (non-hydrogen) atoms. The molecule has 4 nitrogen and oxygen atoms in total. The number of nitrogens with one attached hydrogen (secondary N) is 2. The second kappa shape index (κ2) is 4.90. The van der Waals surface area contributed by atoms with Crippen molar-refractivity contribution in [1.82, 2.24) is 15.3 Å². The zero-order chi connectivity index (χ0) is 12.3. The third kappa shape index (κ3) is 2.87. The van der Waals surface area contributed by atoms with Crippen LogP contribution in [0.4, 0.5) is 0 Å². The summed E-state index contributed by atoms with van der Waals surface area (Å²) in [7, 11) is 0. The van der Waals surface area contributed by atoms with Crippen LogP contribution in [0.25, 0.3) is 0 Å². The molecule has 2 rings (SSSR count). The van der Waals surface area contributed by atoms with E-state index in [1.54, 1.807) is 12.5 Å². The van der Waals surface area contributed by atoms with Crippen molar-refractivity contribution in [1.29, 1.82) is 0 Å². The Hall–Kier alpha value is -1.32. The van der Waals surface area contributed by atoms with Crippen molar-refractivity contribution in [2.45, 2.75) is 39.5 Å². The molecule has 1 aliphatic carbocycles. The van der Waals surface area contributed by atoms with Gasteiger partial charge in [-0.2, -0.15) is 0 Å². The highest BCUT2D eigenvalue weighted by Gasteiger charge is 2.38. The minimum Gasteiger partial charge on any atom is -0.355 e. The lowest BCUT2D eigenvalue weighted by atomic mass is 9.81. The van der Waals surface area contributed by atoms with E-state index in [0.717, 1.165) is 25.0 Å². The molecule has 1 aromatic heterocycles. The van der Waals surface area contributed by atoms with Gasteiger partial charge in [-0.3, -0.25) is 4.79 Å². The molecule has 1 heterocycles. The van der Waals surface area contributed by atoms with Crippen molar-refractivity contribution < 1.29 is 4.79 Å². The second-order valence-electron chi connectivity index (χ2n) is 5.55. The zero-order valence-electron chi connectivity index (χ0n) is 10.6. The monoisotopic (exact) mass is 235 g/mol. The third-order valence-electron chi connectivity index (χ3n) is 3.82. The van der Waals surface area contributed by atoms with Gasteiger partial charge in [0.1, 0.15) is 0 Å². The van der Waals surface area contributed by atoms with Crippen LogP contribution < -0.4 is 5.32 Å². The van der Waals surface area contributed by atoms with Gasteiger partial charge in [0, 0.05) is 30.8 Å². The summed E-state index contributed by atoms with van der Waals surface area (Å²) < 4.78 is 0. The van der Waals surface area contributed by atoms with Gasteiger partial charge in [-0.1, -0.05) is 20.3 Å². The molecule has 94 valence electrons. The first-order valence-electron chi connectivity index (χ1n) is 6.34. The van der Waals surface area contributed by atoms with E-state index in [4.69, 9.17) is 0 Å². The van der Waals surface area contributed by atoms with Gasteiger partial charge in [0.05, 0.1) is 6.33 Å². The zero-order valence-corrected chi connectivity index (χ0v) is 10.6. The number of hydrogen-bond acceptors (Lipinski definition) is 2. The van der Waals surface area contributed by atoms with Crippen molar-refractivity contribution >= 4 is 5.91 Å². The average molecular weight is 235 g/mol. The normalized spacial score (nSPS) is 22.6. The molecule has 0 saturated heterocycles. The first-order chi connectivity index (χ1) is 8.09. The SMILES string of the molecule is CC1(C)CCCC1C(=O)NCCc1cnc[nH]1. The van der Waals surface area contributed by atoms with Crippen LogP contribution in [0.1, 0.15) is 38.8 Å². The predicted molar refractivity (Wildman–Crippen MR) is 66.4 cm³/mol. The summed E-state index contributed by atoms with van der Waals surface area (Å²) in [5, 5.41) is 3.03. The molecule has 1 atom stereocenters. The molecule has 0 spiro atoms. The molecule has 1 saturated carbocycles. The Balaban J connectivity index is 1.78. The fourth-order valence-electron chi connectivity index (χ4n) is 2.68. The number of aromatic amines is 1. The molecule has 2 N–H and O–H groups in total. The maximum atomic E-state index is 12.1. The van der Waals surface area contributed by atoms with Crippen LogP contribution in [0.2, 0.25) is 0 Å². The first kappa shape index (κ1) is 12.1. The molecule has 1 amide bonds. The van der Waals surface area contributed by atoms with Crippen molar-refractivity contribution in [3.8, 4) is 0 Å². The smallest absolute Gasteiger partial charge is 0.223 e. The lowest BCUT2D eigenvalue weighted by Crippen LogP contribution is -2.37. The summed E-state index contributed by atoms with van der Waals surface area (Å²) in [4.78, 5) is 19.0. The van der Waals surface area contributed by atoms with Gasteiger partial charge in [-0.25, -0.2) is 4.98 Å². The maximum absolute atomic E-state index is 12.1. The van der Waals surface area contributed by atoms with Crippen LogP contribution in [-0.4, -0.2) is 22.4 Å². The maximum Gasteiger partial charge on any atom is 0.223 e. The van der Waals surface area contributed by atoms with Crippen LogP contribution in [0.3, 0.4) is 0 Å². The fraction of sp³-hybridized carbons (Fsp3) is 0.692. The minimum absolute atomic E-state index is 0.165. The number of rotatable bonds is 4. The Morgan fingerprint density at radius 3 is 3.06 bits per heavy atom. The van der Waals surface area contributed by atoms with Crippen LogP contribution in [0.5, 0.6) is 0 Å². The van der Waals surface area contributed by atoms with E-state index < -0.39 is 0 Å². The quantitative estimate of drug-likeness (QED) is 0.837. The Bertz CT molecular complexity index is 370. The van der Waals surface area contributed by atoms with Crippen LogP contribution in [-0.2, 0) is 11.2 Å². The van der Waals surface area contributed by atoms with Crippen LogP contribution in [0.15, 0.2) is 12.5 Å². The van der Waals surface area contributed by atoms with Gasteiger partial charge >= 0.3 is 0 Å². The summed E-state index contributed by atoms with van der Waals surface area (Å²) in [5.41, 5.74) is 1.23. The number of H-pyrrole nitrogens is 1. The van der Waals surface area contributed by atoms with E-state index >= 15 is 0 Å². The number of carbonyl (C=O) groups is 1. The molecule has 0 bridgehead atoms. The summed E-state index contributed by atoms with van der Waals surface area (Å²) in [6, 6.07) is 0. The molecule has 1 aliphatic rings. The Morgan fingerprint density at radius 2 is 2.47 bits per heavy atom. The summed E-state index contributed by atoms with van der Waals surface area (Å²) in [6.07, 6.45) is 7.64. The van der Waals surface area contributed by atoms with Crippen molar-refractivity contribution in [3.63, 3.8) is 0 Å².